The van der Waals surface area contributed by atoms with Crippen molar-refractivity contribution in [1.29, 1.82) is 0 Å². The summed E-state index contributed by atoms with van der Waals surface area (Å²) in [5, 5.41) is 0. The van der Waals surface area contributed by atoms with Crippen molar-refractivity contribution in [3.8, 4) is 0 Å². The van der Waals surface area contributed by atoms with Crippen LogP contribution >= 0.6 is 0 Å². The zero-order valence-electron chi connectivity index (χ0n) is 11.1. The molecule has 5 nitrogen and oxygen atoms in total. The lowest BCUT2D eigenvalue weighted by Gasteiger charge is -2.35. The van der Waals surface area contributed by atoms with Crippen LogP contribution in [0.2, 0.25) is 0 Å². The lowest BCUT2D eigenvalue weighted by Crippen LogP contribution is -2.45. The number of rotatable bonds is 4. The summed E-state index contributed by atoms with van der Waals surface area (Å²) in [5.74, 6) is 0.519. The quantitative estimate of drug-likeness (QED) is 0.727. The van der Waals surface area contributed by atoms with Gasteiger partial charge in [0.15, 0.2) is 0 Å². The number of piperidine rings is 1. The smallest absolute Gasteiger partial charge is 0.229 e. The van der Waals surface area contributed by atoms with Crippen molar-refractivity contribution in [3.05, 3.63) is 0 Å². The molecular formula is C13H23N3O2. The second-order valence-corrected chi connectivity index (χ2v) is 5.50. The maximum absolute atomic E-state index is 11.5. The number of likely N-dealkylation sites (tertiary alicyclic amines) is 2. The van der Waals surface area contributed by atoms with Crippen LogP contribution in [-0.4, -0.2) is 53.8 Å². The lowest BCUT2D eigenvalue weighted by molar-refractivity contribution is -0.138. The third-order valence-electron chi connectivity index (χ3n) is 4.08. The molecule has 2 N–H and O–H groups in total. The summed E-state index contributed by atoms with van der Waals surface area (Å²) in [5.41, 5.74) is 5.95. The van der Waals surface area contributed by atoms with Gasteiger partial charge >= 0.3 is 0 Å². The van der Waals surface area contributed by atoms with Gasteiger partial charge < -0.3 is 10.6 Å². The second kappa shape index (κ2) is 5.80. The molecule has 5 heteroatoms. The molecule has 18 heavy (non-hydrogen) atoms. The molecule has 2 saturated heterocycles. The highest BCUT2D eigenvalue weighted by Crippen LogP contribution is 2.19. The Morgan fingerprint density at radius 2 is 1.94 bits per heavy atom. The standard InChI is InChI=1S/C13H23N3O2/c1-10(14)11-3-2-6-15(9-11)7-8-16-12(17)4-5-13(16)18/h10-11H,2-9,14H2,1H3. The Kier molecular flexibility index (Phi) is 4.35. The van der Waals surface area contributed by atoms with Crippen molar-refractivity contribution >= 4 is 11.8 Å². The van der Waals surface area contributed by atoms with E-state index < -0.39 is 0 Å². The van der Waals surface area contributed by atoms with Crippen LogP contribution in [0.3, 0.4) is 0 Å². The summed E-state index contributed by atoms with van der Waals surface area (Å²) in [6.45, 7) is 5.44. The lowest BCUT2D eigenvalue weighted by atomic mass is 9.92. The minimum Gasteiger partial charge on any atom is -0.328 e. The van der Waals surface area contributed by atoms with Crippen LogP contribution in [0.25, 0.3) is 0 Å². The second-order valence-electron chi connectivity index (χ2n) is 5.50. The number of amides is 2. The summed E-state index contributed by atoms with van der Waals surface area (Å²) in [6.07, 6.45) is 3.13. The van der Waals surface area contributed by atoms with E-state index in [9.17, 15) is 9.59 Å². The third-order valence-corrected chi connectivity index (χ3v) is 4.08. The highest BCUT2D eigenvalue weighted by atomic mass is 16.2. The number of carbonyl (C=O) groups excluding carboxylic acids is 2. The highest BCUT2D eigenvalue weighted by Gasteiger charge is 2.29. The molecule has 0 radical (unpaired) electrons. The fourth-order valence-electron chi connectivity index (χ4n) is 2.84. The molecule has 2 aliphatic heterocycles. The van der Waals surface area contributed by atoms with Crippen LogP contribution in [0.15, 0.2) is 0 Å². The minimum absolute atomic E-state index is 0.0132. The van der Waals surface area contributed by atoms with Gasteiger partial charge in [0.2, 0.25) is 11.8 Å². The average molecular weight is 253 g/mol. The number of hydrogen-bond acceptors (Lipinski definition) is 4. The van der Waals surface area contributed by atoms with Gasteiger partial charge in [-0.3, -0.25) is 14.5 Å². The zero-order valence-corrected chi connectivity index (χ0v) is 11.1. The van der Waals surface area contributed by atoms with E-state index in [4.69, 9.17) is 5.73 Å². The molecule has 0 aliphatic carbocycles. The fraction of sp³-hybridized carbons (Fsp3) is 0.846. The Morgan fingerprint density at radius 1 is 1.28 bits per heavy atom. The van der Waals surface area contributed by atoms with E-state index in [-0.39, 0.29) is 17.9 Å². The summed E-state index contributed by atoms with van der Waals surface area (Å²) in [4.78, 5) is 26.7. The molecule has 0 spiro atoms. The zero-order chi connectivity index (χ0) is 13.1. The largest absolute Gasteiger partial charge is 0.328 e. The SMILES string of the molecule is CC(N)C1CCCN(CCN2C(=O)CCC2=O)C1. The van der Waals surface area contributed by atoms with Gasteiger partial charge in [0.25, 0.3) is 0 Å². The van der Waals surface area contributed by atoms with E-state index in [1.54, 1.807) is 0 Å². The summed E-state index contributed by atoms with van der Waals surface area (Å²) in [7, 11) is 0. The van der Waals surface area contributed by atoms with Crippen LogP contribution in [0.1, 0.15) is 32.6 Å². The first-order valence-corrected chi connectivity index (χ1v) is 6.89. The predicted molar refractivity (Wildman–Crippen MR) is 68.8 cm³/mol. The Morgan fingerprint density at radius 3 is 2.56 bits per heavy atom. The van der Waals surface area contributed by atoms with E-state index in [2.05, 4.69) is 11.8 Å². The van der Waals surface area contributed by atoms with Gasteiger partial charge in [-0.05, 0) is 32.2 Å². The molecule has 0 aromatic carbocycles. The number of nitrogens with two attached hydrogens (primary N) is 1. The number of imide groups is 1. The molecule has 102 valence electrons. The molecule has 0 aromatic rings. The van der Waals surface area contributed by atoms with E-state index in [0.717, 1.165) is 26.1 Å². The molecule has 2 unspecified atom stereocenters. The van der Waals surface area contributed by atoms with Crippen LogP contribution < -0.4 is 5.73 Å². The third kappa shape index (κ3) is 3.09. The van der Waals surface area contributed by atoms with E-state index >= 15 is 0 Å². The molecular weight excluding hydrogens is 230 g/mol. The summed E-state index contributed by atoms with van der Waals surface area (Å²) < 4.78 is 0. The van der Waals surface area contributed by atoms with Gasteiger partial charge in [-0.15, -0.1) is 0 Å². The minimum atomic E-state index is -0.0132. The van der Waals surface area contributed by atoms with Gasteiger partial charge in [-0.1, -0.05) is 0 Å². The van der Waals surface area contributed by atoms with Crippen LogP contribution in [0, 0.1) is 5.92 Å². The number of hydrogen-bond donors (Lipinski definition) is 1. The molecule has 2 fully saturated rings. The Bertz CT molecular complexity index is 314. The average Bonchev–Trinajstić information content (AvgIpc) is 2.67. The molecule has 2 heterocycles. The van der Waals surface area contributed by atoms with Crippen LogP contribution in [0.5, 0.6) is 0 Å². The monoisotopic (exact) mass is 253 g/mol. The molecule has 0 saturated carbocycles. The van der Waals surface area contributed by atoms with Crippen molar-refractivity contribution in [2.75, 3.05) is 26.2 Å². The maximum atomic E-state index is 11.5. The maximum Gasteiger partial charge on any atom is 0.229 e. The van der Waals surface area contributed by atoms with Gasteiger partial charge in [-0.2, -0.15) is 0 Å². The normalized spacial score (nSPS) is 27.9. The molecule has 2 aliphatic rings. The Hall–Kier alpha value is -0.940. The topological polar surface area (TPSA) is 66.6 Å². The molecule has 0 aromatic heterocycles. The van der Waals surface area contributed by atoms with Crippen LogP contribution in [-0.2, 0) is 9.59 Å². The molecule has 2 amide bonds. The fourth-order valence-corrected chi connectivity index (χ4v) is 2.84. The van der Waals surface area contributed by atoms with E-state index in [1.807, 2.05) is 0 Å². The van der Waals surface area contributed by atoms with Crippen molar-refractivity contribution < 1.29 is 9.59 Å². The van der Waals surface area contributed by atoms with Crippen molar-refractivity contribution in [3.63, 3.8) is 0 Å². The van der Waals surface area contributed by atoms with Gasteiger partial charge in [0, 0.05) is 38.5 Å². The first-order chi connectivity index (χ1) is 8.58. The molecule has 2 atom stereocenters. The van der Waals surface area contributed by atoms with Gasteiger partial charge in [-0.25, -0.2) is 0 Å². The van der Waals surface area contributed by atoms with Gasteiger partial charge in [0.1, 0.15) is 0 Å². The van der Waals surface area contributed by atoms with Gasteiger partial charge in [0.05, 0.1) is 0 Å². The van der Waals surface area contributed by atoms with Crippen molar-refractivity contribution in [1.82, 2.24) is 9.80 Å². The number of nitrogens with zero attached hydrogens (tertiary/aromatic N) is 2. The highest BCUT2D eigenvalue weighted by molar-refractivity contribution is 6.01. The van der Waals surface area contributed by atoms with Crippen molar-refractivity contribution in [2.45, 2.75) is 38.6 Å². The Labute approximate surface area is 108 Å². The Balaban J connectivity index is 1.79. The molecule has 0 bridgehead atoms. The first kappa shape index (κ1) is 13.5. The van der Waals surface area contributed by atoms with Crippen LogP contribution in [0.4, 0.5) is 0 Å². The number of carbonyl (C=O) groups is 2. The first-order valence-electron chi connectivity index (χ1n) is 6.89. The summed E-state index contributed by atoms with van der Waals surface area (Å²) >= 11 is 0. The summed E-state index contributed by atoms with van der Waals surface area (Å²) in [6, 6.07) is 0.225. The van der Waals surface area contributed by atoms with E-state index in [0.29, 0.717) is 25.3 Å². The predicted octanol–water partition coefficient (Wildman–Crippen LogP) is 0.195. The van der Waals surface area contributed by atoms with Crippen molar-refractivity contribution in [2.24, 2.45) is 11.7 Å². The molecule has 2 rings (SSSR count). The van der Waals surface area contributed by atoms with E-state index in [1.165, 1.54) is 11.3 Å².